The third kappa shape index (κ3) is 6.98. The molecule has 1 aliphatic rings. The van der Waals surface area contributed by atoms with Crippen molar-refractivity contribution < 1.29 is 32.0 Å². The summed E-state index contributed by atoms with van der Waals surface area (Å²) < 4.78 is 37.7. The molecule has 1 aromatic carbocycles. The standard InChI is InChI=1S/C26H31N5O7S/c1-2-7-19(22(32)25-30-18-8-3-4-10-21(18)38-25)29-24(33)23(20-9-5-6-11-27-20)39(35,36)17-12-28-26(34)31-13-15-37-16-14-31/h3-6,8-11,19,23H,2,7,12-17H2,1H3,(H,28,34)(H,29,33)/t19-,23?/m0/s1. The smallest absolute Gasteiger partial charge is 0.317 e. The van der Waals surface area contributed by atoms with Crippen molar-refractivity contribution >= 4 is 38.7 Å². The van der Waals surface area contributed by atoms with Gasteiger partial charge in [0, 0.05) is 25.8 Å². The molecule has 1 fully saturated rings. The first-order chi connectivity index (χ1) is 18.8. The maximum atomic E-state index is 13.5. The highest BCUT2D eigenvalue weighted by Gasteiger charge is 2.38. The minimum atomic E-state index is -4.16. The summed E-state index contributed by atoms with van der Waals surface area (Å²) >= 11 is 0. The molecule has 2 aromatic heterocycles. The molecule has 0 saturated carbocycles. The number of ether oxygens (including phenoxy) is 1. The number of nitrogens with zero attached hydrogens (tertiary/aromatic N) is 3. The molecule has 1 saturated heterocycles. The molecule has 0 radical (unpaired) electrons. The lowest BCUT2D eigenvalue weighted by Crippen LogP contribution is -2.48. The molecule has 208 valence electrons. The average molecular weight is 558 g/mol. The highest BCUT2D eigenvalue weighted by atomic mass is 32.2. The lowest BCUT2D eigenvalue weighted by Gasteiger charge is -2.27. The molecule has 0 spiro atoms. The fourth-order valence-corrected chi connectivity index (χ4v) is 5.76. The van der Waals surface area contributed by atoms with E-state index >= 15 is 0 Å². The fraction of sp³-hybridized carbons (Fsp3) is 0.423. The van der Waals surface area contributed by atoms with E-state index in [1.165, 1.54) is 17.2 Å². The maximum absolute atomic E-state index is 13.5. The number of aromatic nitrogens is 2. The predicted octanol–water partition coefficient (Wildman–Crippen LogP) is 1.89. The highest BCUT2D eigenvalue weighted by molar-refractivity contribution is 7.92. The molecular formula is C26H31N5O7S. The Kier molecular flexibility index (Phi) is 9.25. The molecule has 0 aliphatic carbocycles. The van der Waals surface area contributed by atoms with Crippen LogP contribution in [-0.4, -0.2) is 85.6 Å². The Morgan fingerprint density at radius 1 is 1.08 bits per heavy atom. The summed E-state index contributed by atoms with van der Waals surface area (Å²) in [6.45, 7) is 3.27. The Balaban J connectivity index is 1.50. The summed E-state index contributed by atoms with van der Waals surface area (Å²) in [7, 11) is -4.16. The van der Waals surface area contributed by atoms with Gasteiger partial charge >= 0.3 is 6.03 Å². The van der Waals surface area contributed by atoms with Crippen molar-refractivity contribution in [2.45, 2.75) is 31.1 Å². The quantitative estimate of drug-likeness (QED) is 0.335. The molecule has 39 heavy (non-hydrogen) atoms. The second kappa shape index (κ2) is 12.8. The van der Waals surface area contributed by atoms with E-state index in [0.717, 1.165) is 0 Å². The van der Waals surface area contributed by atoms with Gasteiger partial charge in [-0.3, -0.25) is 14.6 Å². The van der Waals surface area contributed by atoms with Gasteiger partial charge in [-0.1, -0.05) is 31.5 Å². The van der Waals surface area contributed by atoms with Crippen LogP contribution in [0.5, 0.6) is 0 Å². The zero-order valence-electron chi connectivity index (χ0n) is 21.5. The van der Waals surface area contributed by atoms with E-state index in [-0.39, 0.29) is 24.6 Å². The number of sulfone groups is 1. The number of Topliss-reactive ketones (excluding diaryl/α,β-unsaturated/α-hetero) is 1. The molecule has 1 unspecified atom stereocenters. The number of hydrogen-bond acceptors (Lipinski definition) is 9. The number of urea groups is 1. The number of amides is 3. The summed E-state index contributed by atoms with van der Waals surface area (Å²) in [6, 6.07) is 10.0. The Morgan fingerprint density at radius 2 is 1.82 bits per heavy atom. The second-order valence-electron chi connectivity index (χ2n) is 9.03. The number of oxazole rings is 1. The normalized spacial score (nSPS) is 15.5. The first-order valence-corrected chi connectivity index (χ1v) is 14.4. The van der Waals surface area contributed by atoms with E-state index in [1.807, 2.05) is 6.92 Å². The monoisotopic (exact) mass is 557 g/mol. The minimum absolute atomic E-state index is 0.0130. The van der Waals surface area contributed by atoms with Crippen LogP contribution in [-0.2, 0) is 19.4 Å². The van der Waals surface area contributed by atoms with Gasteiger partial charge in [-0.2, -0.15) is 0 Å². The second-order valence-corrected chi connectivity index (χ2v) is 11.2. The van der Waals surface area contributed by atoms with Gasteiger partial charge in [0.25, 0.3) is 5.89 Å². The van der Waals surface area contributed by atoms with Crippen molar-refractivity contribution in [2.24, 2.45) is 0 Å². The number of fused-ring (bicyclic) bond motifs is 1. The zero-order chi connectivity index (χ0) is 27.8. The molecule has 1 aliphatic heterocycles. The van der Waals surface area contributed by atoms with E-state index < -0.39 is 44.6 Å². The Bertz CT molecular complexity index is 1370. The number of carbonyl (C=O) groups is 3. The van der Waals surface area contributed by atoms with Crippen LogP contribution in [0.25, 0.3) is 11.1 Å². The van der Waals surface area contributed by atoms with Gasteiger partial charge in [0.2, 0.25) is 11.7 Å². The van der Waals surface area contributed by atoms with Gasteiger partial charge in [-0.25, -0.2) is 18.2 Å². The average Bonchev–Trinajstić information content (AvgIpc) is 3.38. The van der Waals surface area contributed by atoms with Gasteiger partial charge in [0.05, 0.1) is 30.7 Å². The number of pyridine rings is 1. The molecule has 2 atom stereocenters. The SMILES string of the molecule is CCC[C@H](NC(=O)C(c1ccccn1)S(=O)(=O)CCNC(=O)N1CCOCC1)C(=O)c1nc2ccccc2o1. The zero-order valence-corrected chi connectivity index (χ0v) is 22.4. The van der Waals surface area contributed by atoms with Gasteiger partial charge in [0.15, 0.2) is 20.7 Å². The number of morpholine rings is 1. The van der Waals surface area contributed by atoms with E-state index in [0.29, 0.717) is 43.8 Å². The lowest BCUT2D eigenvalue weighted by atomic mass is 10.1. The van der Waals surface area contributed by atoms with Crippen molar-refractivity contribution in [3.05, 3.63) is 60.2 Å². The van der Waals surface area contributed by atoms with Gasteiger partial charge in [-0.15, -0.1) is 0 Å². The Labute approximate surface area is 226 Å². The maximum Gasteiger partial charge on any atom is 0.317 e. The summed E-state index contributed by atoms with van der Waals surface area (Å²) in [6.07, 6.45) is 2.16. The van der Waals surface area contributed by atoms with E-state index in [1.54, 1.807) is 36.4 Å². The van der Waals surface area contributed by atoms with Crippen LogP contribution in [0.3, 0.4) is 0 Å². The number of nitrogens with one attached hydrogen (secondary N) is 2. The molecule has 4 rings (SSSR count). The summed E-state index contributed by atoms with van der Waals surface area (Å²) in [4.78, 5) is 49.0. The van der Waals surface area contributed by atoms with E-state index in [2.05, 4.69) is 20.6 Å². The van der Waals surface area contributed by atoms with Crippen molar-refractivity contribution in [1.29, 1.82) is 0 Å². The number of hydrogen-bond donors (Lipinski definition) is 2. The van der Waals surface area contributed by atoms with Gasteiger partial charge < -0.3 is 24.7 Å². The van der Waals surface area contributed by atoms with Crippen LogP contribution >= 0.6 is 0 Å². The molecule has 13 heteroatoms. The van der Waals surface area contributed by atoms with Gasteiger partial charge in [-0.05, 0) is 30.7 Å². The molecule has 3 amide bonds. The summed E-state index contributed by atoms with van der Waals surface area (Å²) in [5.41, 5.74) is 0.935. The van der Waals surface area contributed by atoms with Crippen LogP contribution in [0, 0.1) is 0 Å². The number of para-hydroxylation sites is 2. The van der Waals surface area contributed by atoms with Crippen LogP contribution < -0.4 is 10.6 Å². The Hall–Kier alpha value is -3.84. The predicted molar refractivity (Wildman–Crippen MR) is 142 cm³/mol. The molecule has 3 heterocycles. The fourth-order valence-electron chi connectivity index (χ4n) is 4.24. The Morgan fingerprint density at radius 3 is 2.51 bits per heavy atom. The number of ketones is 1. The minimum Gasteiger partial charge on any atom is -0.434 e. The number of carbonyl (C=O) groups excluding carboxylic acids is 3. The van der Waals surface area contributed by atoms with Crippen LogP contribution in [0.4, 0.5) is 4.79 Å². The van der Waals surface area contributed by atoms with Gasteiger partial charge in [0.1, 0.15) is 5.52 Å². The third-order valence-electron chi connectivity index (χ3n) is 6.23. The summed E-state index contributed by atoms with van der Waals surface area (Å²) in [5.74, 6) is -2.12. The molecular weight excluding hydrogens is 526 g/mol. The first-order valence-electron chi connectivity index (χ1n) is 12.7. The molecule has 2 N–H and O–H groups in total. The highest BCUT2D eigenvalue weighted by Crippen LogP contribution is 2.23. The van der Waals surface area contributed by atoms with Crippen LogP contribution in [0.1, 0.15) is 41.4 Å². The molecule has 0 bridgehead atoms. The molecule has 12 nitrogen and oxygen atoms in total. The number of rotatable bonds is 11. The van der Waals surface area contributed by atoms with Crippen molar-refractivity contribution in [3.8, 4) is 0 Å². The van der Waals surface area contributed by atoms with Crippen molar-refractivity contribution in [1.82, 2.24) is 25.5 Å². The molecule has 3 aromatic rings. The lowest BCUT2D eigenvalue weighted by molar-refractivity contribution is -0.121. The largest absolute Gasteiger partial charge is 0.434 e. The van der Waals surface area contributed by atoms with Crippen LogP contribution in [0.15, 0.2) is 53.1 Å². The first kappa shape index (κ1) is 28.2. The van der Waals surface area contributed by atoms with Crippen LogP contribution in [0.2, 0.25) is 0 Å². The third-order valence-corrected chi connectivity index (χ3v) is 8.18. The van der Waals surface area contributed by atoms with E-state index in [4.69, 9.17) is 9.15 Å². The summed E-state index contributed by atoms with van der Waals surface area (Å²) in [5, 5.41) is 3.51. The van der Waals surface area contributed by atoms with E-state index in [9.17, 15) is 22.8 Å². The van der Waals surface area contributed by atoms with Crippen molar-refractivity contribution in [2.75, 3.05) is 38.6 Å². The van der Waals surface area contributed by atoms with Crippen molar-refractivity contribution in [3.63, 3.8) is 0 Å². The number of benzene rings is 1. The topological polar surface area (TPSA) is 161 Å².